The molecule has 0 aromatic carbocycles. The summed E-state index contributed by atoms with van der Waals surface area (Å²) < 4.78 is 9.69. The number of carbonyl (C=O) groups excluding carboxylic acids is 1. The predicted octanol–water partition coefficient (Wildman–Crippen LogP) is -1.49. The maximum atomic E-state index is 10.6. The van der Waals surface area contributed by atoms with Gasteiger partial charge in [0, 0.05) is 6.42 Å². The molecule has 64 valence electrons. The molecule has 1 fully saturated rings. The van der Waals surface area contributed by atoms with Crippen molar-refractivity contribution >= 4 is 5.97 Å². The van der Waals surface area contributed by atoms with Crippen molar-refractivity contribution < 1.29 is 19.6 Å². The van der Waals surface area contributed by atoms with Crippen LogP contribution in [0, 0.1) is 0 Å². The molecule has 0 bridgehead atoms. The second-order valence-corrected chi connectivity index (χ2v) is 2.61. The van der Waals surface area contributed by atoms with Crippen molar-refractivity contribution in [3.8, 4) is 0 Å². The lowest BCUT2D eigenvalue weighted by molar-refractivity contribution is -0.638. The van der Waals surface area contributed by atoms with Crippen LogP contribution in [-0.4, -0.2) is 38.9 Å². The maximum Gasteiger partial charge on any atom is 0.331 e. The van der Waals surface area contributed by atoms with Gasteiger partial charge in [0.15, 0.2) is 0 Å². The molecule has 0 aromatic rings. The number of quaternary nitrogens is 1. The number of rotatable bonds is 3. The number of methoxy groups -OCH3 is 1. The Hall–Kier alpha value is -0.610. The maximum absolute atomic E-state index is 10.6. The third kappa shape index (κ3) is 2.86. The van der Waals surface area contributed by atoms with E-state index in [2.05, 4.69) is 10.1 Å². The van der Waals surface area contributed by atoms with Gasteiger partial charge in [0.1, 0.15) is 19.3 Å². The highest BCUT2D eigenvalue weighted by atomic mass is 16.6. The minimum Gasteiger partial charge on any atom is -0.467 e. The van der Waals surface area contributed by atoms with Gasteiger partial charge < -0.3 is 14.8 Å². The predicted molar refractivity (Wildman–Crippen MR) is 38.0 cm³/mol. The molecule has 2 N–H and O–H groups in total. The fourth-order valence-electron chi connectivity index (χ4n) is 1.12. The van der Waals surface area contributed by atoms with Crippen LogP contribution in [0.5, 0.6) is 0 Å². The van der Waals surface area contributed by atoms with Gasteiger partial charge in [-0.3, -0.25) is 0 Å². The molecule has 11 heavy (non-hydrogen) atoms. The number of esters is 1. The average molecular weight is 160 g/mol. The second-order valence-electron chi connectivity index (χ2n) is 2.61. The van der Waals surface area contributed by atoms with Crippen LogP contribution < -0.4 is 5.32 Å². The Bertz CT molecular complexity index is 132. The molecule has 4 nitrogen and oxygen atoms in total. The highest BCUT2D eigenvalue weighted by Crippen LogP contribution is 1.97. The molecule has 0 radical (unpaired) electrons. The molecule has 1 unspecified atom stereocenters. The molecule has 1 heterocycles. The Morgan fingerprint density at radius 1 is 1.73 bits per heavy atom. The number of nitrogens with two attached hydrogens (primary N) is 1. The van der Waals surface area contributed by atoms with Crippen LogP contribution in [-0.2, 0) is 14.3 Å². The first-order valence-corrected chi connectivity index (χ1v) is 3.83. The summed E-state index contributed by atoms with van der Waals surface area (Å²) >= 11 is 0. The number of hydrogen-bond acceptors (Lipinski definition) is 3. The zero-order valence-corrected chi connectivity index (χ0v) is 6.71. The molecule has 1 atom stereocenters. The minimum atomic E-state index is -0.295. The van der Waals surface area contributed by atoms with E-state index in [0.717, 1.165) is 19.5 Å². The summed E-state index contributed by atoms with van der Waals surface area (Å²) in [6.45, 7) is 2.16. The molecule has 0 spiro atoms. The van der Waals surface area contributed by atoms with Crippen molar-refractivity contribution in [2.75, 3.05) is 26.8 Å². The molecule has 0 aliphatic carbocycles. The lowest BCUT2D eigenvalue weighted by atomic mass is 10.3. The van der Waals surface area contributed by atoms with Crippen LogP contribution in [0.2, 0.25) is 0 Å². The molecular formula is C7H14NO3+. The quantitative estimate of drug-likeness (QED) is 0.512. The molecule has 0 aromatic heterocycles. The van der Waals surface area contributed by atoms with Crippen LogP contribution in [0.15, 0.2) is 0 Å². The Kier molecular flexibility index (Phi) is 3.32. The Balaban J connectivity index is 2.06. The van der Waals surface area contributed by atoms with Gasteiger partial charge in [-0.15, -0.1) is 0 Å². The third-order valence-electron chi connectivity index (χ3n) is 1.79. The largest absolute Gasteiger partial charge is 0.467 e. The van der Waals surface area contributed by atoms with Gasteiger partial charge in [0.2, 0.25) is 0 Å². The van der Waals surface area contributed by atoms with Gasteiger partial charge >= 0.3 is 5.97 Å². The number of hydrogen-bond donors (Lipinski definition) is 1. The molecule has 1 aliphatic heterocycles. The van der Waals surface area contributed by atoms with Crippen molar-refractivity contribution in [1.82, 2.24) is 0 Å². The van der Waals surface area contributed by atoms with Crippen molar-refractivity contribution in [1.29, 1.82) is 0 Å². The average Bonchev–Trinajstić information content (AvgIpc) is 2.52. The smallest absolute Gasteiger partial charge is 0.331 e. The van der Waals surface area contributed by atoms with E-state index in [-0.39, 0.29) is 18.7 Å². The highest BCUT2D eigenvalue weighted by molar-refractivity contribution is 5.70. The first-order chi connectivity index (χ1) is 5.33. The van der Waals surface area contributed by atoms with Crippen molar-refractivity contribution in [3.63, 3.8) is 0 Å². The lowest BCUT2D eigenvalue weighted by Gasteiger charge is -2.05. The van der Waals surface area contributed by atoms with Gasteiger partial charge in [-0.2, -0.15) is 0 Å². The SMILES string of the molecule is COC(=O)COC1CC[NH2+]C1. The minimum absolute atomic E-state index is 0.0923. The van der Waals surface area contributed by atoms with Crippen molar-refractivity contribution in [2.45, 2.75) is 12.5 Å². The van der Waals surface area contributed by atoms with Crippen LogP contribution in [0.3, 0.4) is 0 Å². The van der Waals surface area contributed by atoms with Gasteiger partial charge in [-0.1, -0.05) is 0 Å². The van der Waals surface area contributed by atoms with E-state index in [9.17, 15) is 4.79 Å². The molecule has 1 saturated heterocycles. The molecule has 1 rings (SSSR count). The summed E-state index contributed by atoms with van der Waals surface area (Å²) in [6, 6.07) is 0. The molecular weight excluding hydrogens is 146 g/mol. The molecule has 1 aliphatic rings. The molecule has 4 heteroatoms. The topological polar surface area (TPSA) is 52.1 Å². The third-order valence-corrected chi connectivity index (χ3v) is 1.79. The van der Waals surface area contributed by atoms with E-state index in [1.165, 1.54) is 7.11 Å². The Morgan fingerprint density at radius 3 is 3.09 bits per heavy atom. The Morgan fingerprint density at radius 2 is 2.55 bits per heavy atom. The van der Waals surface area contributed by atoms with Crippen molar-refractivity contribution in [2.24, 2.45) is 0 Å². The van der Waals surface area contributed by atoms with Crippen LogP contribution in [0.4, 0.5) is 0 Å². The summed E-state index contributed by atoms with van der Waals surface area (Å²) in [5.74, 6) is -0.295. The second kappa shape index (κ2) is 4.31. The molecule has 0 amide bonds. The van der Waals surface area contributed by atoms with Gasteiger partial charge in [0.25, 0.3) is 0 Å². The standard InChI is InChI=1S/C7H13NO3/c1-10-7(9)5-11-6-2-3-8-4-6/h6,8H,2-5H2,1H3/p+1. The monoisotopic (exact) mass is 160 g/mol. The van der Waals surface area contributed by atoms with Crippen LogP contribution in [0.25, 0.3) is 0 Å². The van der Waals surface area contributed by atoms with E-state index in [4.69, 9.17) is 4.74 Å². The lowest BCUT2D eigenvalue weighted by Crippen LogP contribution is -2.81. The van der Waals surface area contributed by atoms with Gasteiger partial charge in [-0.25, -0.2) is 4.79 Å². The summed E-state index contributed by atoms with van der Waals surface area (Å²) in [5.41, 5.74) is 0. The van der Waals surface area contributed by atoms with Crippen LogP contribution >= 0.6 is 0 Å². The van der Waals surface area contributed by atoms with E-state index in [0.29, 0.717) is 0 Å². The molecule has 0 saturated carbocycles. The summed E-state index contributed by atoms with van der Waals surface area (Å²) in [5, 5.41) is 2.18. The zero-order chi connectivity index (χ0) is 8.10. The number of ether oxygens (including phenoxy) is 2. The highest BCUT2D eigenvalue weighted by Gasteiger charge is 2.19. The van der Waals surface area contributed by atoms with E-state index in [1.807, 2.05) is 0 Å². The van der Waals surface area contributed by atoms with E-state index in [1.54, 1.807) is 0 Å². The van der Waals surface area contributed by atoms with Crippen LogP contribution in [0.1, 0.15) is 6.42 Å². The Labute approximate surface area is 65.9 Å². The van der Waals surface area contributed by atoms with Gasteiger partial charge in [0.05, 0.1) is 13.7 Å². The van der Waals surface area contributed by atoms with E-state index < -0.39 is 0 Å². The summed E-state index contributed by atoms with van der Waals surface area (Å²) in [4.78, 5) is 10.6. The first kappa shape index (κ1) is 8.49. The number of carbonyl (C=O) groups is 1. The van der Waals surface area contributed by atoms with Gasteiger partial charge in [-0.05, 0) is 0 Å². The summed E-state index contributed by atoms with van der Waals surface area (Å²) in [7, 11) is 1.37. The van der Waals surface area contributed by atoms with E-state index >= 15 is 0 Å². The fourth-order valence-corrected chi connectivity index (χ4v) is 1.12. The zero-order valence-electron chi connectivity index (χ0n) is 6.71. The first-order valence-electron chi connectivity index (χ1n) is 3.83. The summed E-state index contributed by atoms with van der Waals surface area (Å²) in [6.07, 6.45) is 1.28. The normalized spacial score (nSPS) is 23.5. The fraction of sp³-hybridized carbons (Fsp3) is 0.857. The van der Waals surface area contributed by atoms with Crippen molar-refractivity contribution in [3.05, 3.63) is 0 Å².